The fraction of sp³-hybridized carbons (Fsp3) is 0.769. The van der Waals surface area contributed by atoms with Gasteiger partial charge in [-0.15, -0.1) is 6.58 Å². The van der Waals surface area contributed by atoms with Crippen LogP contribution in [0.1, 0.15) is 32.1 Å². The molecule has 0 radical (unpaired) electrons. The molecule has 2 rings (SSSR count). The summed E-state index contributed by atoms with van der Waals surface area (Å²) in [6, 6.07) is 0. The van der Waals surface area contributed by atoms with Crippen LogP contribution in [0.5, 0.6) is 0 Å². The highest BCUT2D eigenvalue weighted by molar-refractivity contribution is 5.76. The first-order valence-electron chi connectivity index (χ1n) is 6.40. The quantitative estimate of drug-likeness (QED) is 0.758. The van der Waals surface area contributed by atoms with Gasteiger partial charge in [-0.1, -0.05) is 6.08 Å². The first-order chi connectivity index (χ1) is 8.24. The van der Waals surface area contributed by atoms with Crippen molar-refractivity contribution >= 4 is 5.91 Å². The number of hydrogen-bond donors (Lipinski definition) is 1. The predicted octanol–water partition coefficient (Wildman–Crippen LogP) is 1.61. The summed E-state index contributed by atoms with van der Waals surface area (Å²) in [6.45, 7) is 5.56. The van der Waals surface area contributed by atoms with Crippen molar-refractivity contribution in [3.63, 3.8) is 0 Å². The van der Waals surface area contributed by atoms with Crippen LogP contribution >= 0.6 is 0 Å². The smallest absolute Gasteiger partial charge is 0.220 e. The summed E-state index contributed by atoms with van der Waals surface area (Å²) in [5, 5.41) is 2.82. The largest absolute Gasteiger partial charge is 0.353 e. The summed E-state index contributed by atoms with van der Waals surface area (Å²) in [5.41, 5.74) is 0. The minimum absolute atomic E-state index is 0.124. The van der Waals surface area contributed by atoms with E-state index in [1.807, 2.05) is 0 Å². The third-order valence-corrected chi connectivity index (χ3v) is 3.60. The van der Waals surface area contributed by atoms with Crippen LogP contribution < -0.4 is 5.32 Å². The molecule has 2 aliphatic rings. The lowest BCUT2D eigenvalue weighted by Crippen LogP contribution is -2.36. The lowest BCUT2D eigenvalue weighted by Gasteiger charge is -2.35. The van der Waals surface area contributed by atoms with Gasteiger partial charge in [-0.2, -0.15) is 0 Å². The monoisotopic (exact) mass is 239 g/mol. The van der Waals surface area contributed by atoms with E-state index in [0.29, 0.717) is 32.1 Å². The third-order valence-electron chi connectivity index (χ3n) is 3.60. The number of carbonyl (C=O) groups excluding carboxylic acids is 1. The van der Waals surface area contributed by atoms with Gasteiger partial charge in [0.2, 0.25) is 5.91 Å². The Balaban J connectivity index is 1.71. The molecule has 1 heterocycles. The van der Waals surface area contributed by atoms with E-state index in [9.17, 15) is 4.79 Å². The molecule has 0 aromatic heterocycles. The van der Waals surface area contributed by atoms with E-state index in [0.717, 1.165) is 25.7 Å². The molecule has 1 N–H and O–H groups in total. The van der Waals surface area contributed by atoms with E-state index < -0.39 is 0 Å². The fourth-order valence-corrected chi connectivity index (χ4v) is 2.63. The van der Waals surface area contributed by atoms with Gasteiger partial charge >= 0.3 is 0 Å². The third kappa shape index (κ3) is 3.30. The molecule has 2 fully saturated rings. The van der Waals surface area contributed by atoms with Crippen molar-refractivity contribution in [2.24, 2.45) is 5.92 Å². The molecule has 17 heavy (non-hydrogen) atoms. The highest BCUT2D eigenvalue weighted by atomic mass is 16.7. The first-order valence-corrected chi connectivity index (χ1v) is 6.40. The highest BCUT2D eigenvalue weighted by Gasteiger charge is 2.40. The minimum atomic E-state index is -0.311. The van der Waals surface area contributed by atoms with Crippen LogP contribution in [0.4, 0.5) is 0 Å². The number of carbonyl (C=O) groups is 1. The average Bonchev–Trinajstić information content (AvgIpc) is 2.79. The molecule has 0 bridgehead atoms. The molecule has 96 valence electrons. The summed E-state index contributed by atoms with van der Waals surface area (Å²) in [4.78, 5) is 11.6. The molecule has 1 spiro atoms. The maximum atomic E-state index is 11.6. The molecule has 0 aromatic carbocycles. The summed E-state index contributed by atoms with van der Waals surface area (Å²) in [5.74, 6) is 0.283. The van der Waals surface area contributed by atoms with Gasteiger partial charge in [-0.3, -0.25) is 4.79 Å². The van der Waals surface area contributed by atoms with Crippen molar-refractivity contribution < 1.29 is 14.3 Å². The topological polar surface area (TPSA) is 47.6 Å². The van der Waals surface area contributed by atoms with E-state index >= 15 is 0 Å². The summed E-state index contributed by atoms with van der Waals surface area (Å²) in [6.07, 6.45) is 6.19. The standard InChI is InChI=1S/C13H21NO3/c1-2-7-14-12(15)10-11-3-5-13(6-4-11)16-8-9-17-13/h2,11H,1,3-10H2,(H,14,15). The molecule has 4 heteroatoms. The second-order valence-electron chi connectivity index (χ2n) is 4.85. The van der Waals surface area contributed by atoms with Crippen LogP contribution in [0.2, 0.25) is 0 Å². The number of nitrogens with one attached hydrogen (secondary N) is 1. The molecule has 0 aromatic rings. The van der Waals surface area contributed by atoms with Crippen LogP contribution in [0.3, 0.4) is 0 Å². The van der Waals surface area contributed by atoms with E-state index in [4.69, 9.17) is 9.47 Å². The minimum Gasteiger partial charge on any atom is -0.353 e. The number of amides is 1. The van der Waals surface area contributed by atoms with Crippen molar-refractivity contribution in [1.82, 2.24) is 5.32 Å². The zero-order chi connectivity index (χ0) is 12.1. The molecule has 0 unspecified atom stereocenters. The summed E-state index contributed by atoms with van der Waals surface area (Å²) < 4.78 is 11.3. The van der Waals surface area contributed by atoms with Crippen LogP contribution in [0.25, 0.3) is 0 Å². The number of rotatable bonds is 4. The second-order valence-corrected chi connectivity index (χ2v) is 4.85. The second kappa shape index (κ2) is 5.65. The van der Waals surface area contributed by atoms with Gasteiger partial charge in [-0.25, -0.2) is 0 Å². The Morgan fingerprint density at radius 2 is 2.00 bits per heavy atom. The lowest BCUT2D eigenvalue weighted by atomic mass is 9.83. The van der Waals surface area contributed by atoms with Crippen LogP contribution in [0.15, 0.2) is 12.7 Å². The molecule has 0 atom stereocenters. The van der Waals surface area contributed by atoms with Gasteiger partial charge in [0, 0.05) is 25.8 Å². The Labute approximate surface area is 102 Å². The lowest BCUT2D eigenvalue weighted by molar-refractivity contribution is -0.183. The first kappa shape index (κ1) is 12.6. The maximum Gasteiger partial charge on any atom is 0.220 e. The van der Waals surface area contributed by atoms with Crippen LogP contribution in [-0.4, -0.2) is 31.5 Å². The van der Waals surface area contributed by atoms with E-state index in [1.165, 1.54) is 0 Å². The SMILES string of the molecule is C=CCNC(=O)CC1CCC2(CC1)OCCO2. The van der Waals surface area contributed by atoms with Crippen molar-refractivity contribution in [2.75, 3.05) is 19.8 Å². The molecule has 4 nitrogen and oxygen atoms in total. The van der Waals surface area contributed by atoms with E-state index in [-0.39, 0.29) is 11.7 Å². The number of hydrogen-bond acceptors (Lipinski definition) is 3. The van der Waals surface area contributed by atoms with Crippen LogP contribution in [0, 0.1) is 5.92 Å². The molecule has 1 saturated carbocycles. The Morgan fingerprint density at radius 1 is 1.35 bits per heavy atom. The van der Waals surface area contributed by atoms with Gasteiger partial charge in [0.05, 0.1) is 13.2 Å². The zero-order valence-electron chi connectivity index (χ0n) is 10.2. The maximum absolute atomic E-state index is 11.6. The van der Waals surface area contributed by atoms with Crippen molar-refractivity contribution in [1.29, 1.82) is 0 Å². The molecular formula is C13H21NO3. The molecule has 1 aliphatic heterocycles. The summed E-state index contributed by atoms with van der Waals surface area (Å²) in [7, 11) is 0. The predicted molar refractivity (Wildman–Crippen MR) is 64.4 cm³/mol. The van der Waals surface area contributed by atoms with Crippen LogP contribution in [-0.2, 0) is 14.3 Å². The normalized spacial score (nSPS) is 23.8. The van der Waals surface area contributed by atoms with Gasteiger partial charge in [0.25, 0.3) is 0 Å². The van der Waals surface area contributed by atoms with Gasteiger partial charge < -0.3 is 14.8 Å². The Hall–Kier alpha value is -0.870. The van der Waals surface area contributed by atoms with Gasteiger partial charge in [0.15, 0.2) is 5.79 Å². The fourth-order valence-electron chi connectivity index (χ4n) is 2.63. The molecule has 1 saturated heterocycles. The Morgan fingerprint density at radius 3 is 2.59 bits per heavy atom. The van der Waals surface area contributed by atoms with Gasteiger partial charge in [-0.05, 0) is 18.8 Å². The molecular weight excluding hydrogens is 218 g/mol. The van der Waals surface area contributed by atoms with Crippen molar-refractivity contribution in [3.8, 4) is 0 Å². The molecule has 1 aliphatic carbocycles. The van der Waals surface area contributed by atoms with Crippen molar-refractivity contribution in [2.45, 2.75) is 37.9 Å². The van der Waals surface area contributed by atoms with E-state index in [2.05, 4.69) is 11.9 Å². The number of ether oxygens (including phenoxy) is 2. The Kier molecular flexibility index (Phi) is 4.18. The summed E-state index contributed by atoms with van der Waals surface area (Å²) >= 11 is 0. The van der Waals surface area contributed by atoms with Crippen molar-refractivity contribution in [3.05, 3.63) is 12.7 Å². The molecule has 1 amide bonds. The van der Waals surface area contributed by atoms with Gasteiger partial charge in [0.1, 0.15) is 0 Å². The highest BCUT2D eigenvalue weighted by Crippen LogP contribution is 2.39. The zero-order valence-corrected chi connectivity index (χ0v) is 10.2. The average molecular weight is 239 g/mol. The van der Waals surface area contributed by atoms with E-state index in [1.54, 1.807) is 6.08 Å². The Bertz CT molecular complexity index is 274.